The Morgan fingerprint density at radius 1 is 0.970 bits per heavy atom. The molecule has 2 aromatic carbocycles. The lowest BCUT2D eigenvalue weighted by Crippen LogP contribution is -2.10. The van der Waals surface area contributed by atoms with E-state index in [-0.39, 0.29) is 11.3 Å². The van der Waals surface area contributed by atoms with Crippen molar-refractivity contribution in [1.82, 2.24) is 19.6 Å². The average Bonchev–Trinajstić information content (AvgIpc) is 3.32. The molecule has 0 aliphatic heterocycles. The number of phenols is 1. The van der Waals surface area contributed by atoms with Gasteiger partial charge in [0.2, 0.25) is 0 Å². The van der Waals surface area contributed by atoms with Crippen LogP contribution in [0.15, 0.2) is 85.3 Å². The SMILES string of the molecule is NC(=O)c1ccc(-c2ccc(-c3cc(NCc4cccnc4)n4nccc4n3)cc2)cc1O. The summed E-state index contributed by atoms with van der Waals surface area (Å²) in [6, 6.07) is 20.4. The largest absolute Gasteiger partial charge is 0.507 e. The standard InChI is InChI=1S/C25H20N6O2/c26-25(33)20-8-7-19(12-22(20)32)17-3-5-18(6-4-17)21-13-24(31-23(30-21)9-11-29-31)28-15-16-2-1-10-27-14-16/h1-14,28,32H,15H2,(H2,26,33). The van der Waals surface area contributed by atoms with E-state index in [0.717, 1.165) is 39.4 Å². The van der Waals surface area contributed by atoms with Crippen molar-refractivity contribution in [2.75, 3.05) is 5.32 Å². The number of amides is 1. The van der Waals surface area contributed by atoms with Crippen molar-refractivity contribution in [3.05, 3.63) is 96.4 Å². The van der Waals surface area contributed by atoms with Gasteiger partial charge >= 0.3 is 0 Å². The number of pyridine rings is 1. The molecule has 0 spiro atoms. The lowest BCUT2D eigenvalue weighted by molar-refractivity contribution is 0.0998. The minimum atomic E-state index is -0.663. The molecule has 0 bridgehead atoms. The van der Waals surface area contributed by atoms with Crippen LogP contribution in [0.25, 0.3) is 28.0 Å². The van der Waals surface area contributed by atoms with Crippen molar-refractivity contribution < 1.29 is 9.90 Å². The number of primary amides is 1. The van der Waals surface area contributed by atoms with E-state index in [1.54, 1.807) is 23.0 Å². The lowest BCUT2D eigenvalue weighted by Gasteiger charge is -2.11. The van der Waals surface area contributed by atoms with Gasteiger partial charge in [-0.1, -0.05) is 36.4 Å². The van der Waals surface area contributed by atoms with Crippen LogP contribution in [0, 0.1) is 0 Å². The summed E-state index contributed by atoms with van der Waals surface area (Å²) in [6.45, 7) is 0.607. The van der Waals surface area contributed by atoms with Crippen LogP contribution < -0.4 is 11.1 Å². The second kappa shape index (κ2) is 8.43. The number of nitrogens with two attached hydrogens (primary N) is 1. The number of nitrogens with one attached hydrogen (secondary N) is 1. The molecule has 8 nitrogen and oxygen atoms in total. The first-order valence-corrected chi connectivity index (χ1v) is 10.3. The van der Waals surface area contributed by atoms with Gasteiger partial charge in [-0.3, -0.25) is 9.78 Å². The number of hydrogen-bond acceptors (Lipinski definition) is 6. The second-order valence-electron chi connectivity index (χ2n) is 7.52. The number of fused-ring (bicyclic) bond motifs is 1. The lowest BCUT2D eigenvalue weighted by atomic mass is 10.0. The molecule has 3 aromatic heterocycles. The number of aromatic hydroxyl groups is 1. The molecule has 0 saturated carbocycles. The normalized spacial score (nSPS) is 10.9. The molecular weight excluding hydrogens is 416 g/mol. The Hall–Kier alpha value is -4.72. The molecular formula is C25H20N6O2. The summed E-state index contributed by atoms with van der Waals surface area (Å²) in [5.74, 6) is 0.0184. The van der Waals surface area contributed by atoms with E-state index in [4.69, 9.17) is 10.7 Å². The van der Waals surface area contributed by atoms with E-state index >= 15 is 0 Å². The van der Waals surface area contributed by atoms with Crippen molar-refractivity contribution in [1.29, 1.82) is 0 Å². The number of benzene rings is 2. The summed E-state index contributed by atoms with van der Waals surface area (Å²) in [4.78, 5) is 20.2. The van der Waals surface area contributed by atoms with Crippen molar-refractivity contribution in [3.8, 4) is 28.1 Å². The van der Waals surface area contributed by atoms with Crippen molar-refractivity contribution >= 4 is 17.4 Å². The van der Waals surface area contributed by atoms with Crippen LogP contribution in [0.2, 0.25) is 0 Å². The number of nitrogens with zero attached hydrogens (tertiary/aromatic N) is 4. The number of anilines is 1. The highest BCUT2D eigenvalue weighted by molar-refractivity contribution is 5.96. The Bertz CT molecular complexity index is 1450. The van der Waals surface area contributed by atoms with Gasteiger partial charge < -0.3 is 16.2 Å². The quantitative estimate of drug-likeness (QED) is 0.372. The number of carbonyl (C=O) groups is 1. The molecule has 0 unspecified atom stereocenters. The summed E-state index contributed by atoms with van der Waals surface area (Å²) < 4.78 is 1.76. The minimum Gasteiger partial charge on any atom is -0.507 e. The van der Waals surface area contributed by atoms with Gasteiger partial charge in [-0.25, -0.2) is 4.98 Å². The smallest absolute Gasteiger partial charge is 0.252 e. The van der Waals surface area contributed by atoms with Gasteiger partial charge in [-0.05, 0) is 34.9 Å². The molecule has 0 aliphatic carbocycles. The van der Waals surface area contributed by atoms with Gasteiger partial charge in [0.05, 0.1) is 17.5 Å². The van der Waals surface area contributed by atoms with E-state index in [1.807, 2.05) is 54.7 Å². The third kappa shape index (κ3) is 4.09. The Kier molecular flexibility index (Phi) is 5.16. The molecule has 0 saturated heterocycles. The van der Waals surface area contributed by atoms with Gasteiger partial charge in [0.15, 0.2) is 5.65 Å². The summed E-state index contributed by atoms with van der Waals surface area (Å²) in [5, 5.41) is 17.8. The molecule has 4 N–H and O–H groups in total. The van der Waals surface area contributed by atoms with Gasteiger partial charge in [0.1, 0.15) is 11.6 Å². The second-order valence-corrected chi connectivity index (χ2v) is 7.52. The number of rotatable bonds is 6. The van der Waals surface area contributed by atoms with Crippen LogP contribution in [0.5, 0.6) is 5.75 Å². The molecule has 0 fully saturated rings. The van der Waals surface area contributed by atoms with E-state index in [0.29, 0.717) is 6.54 Å². The van der Waals surface area contributed by atoms with Crippen LogP contribution in [-0.4, -0.2) is 30.6 Å². The summed E-state index contributed by atoms with van der Waals surface area (Å²) >= 11 is 0. The Morgan fingerprint density at radius 2 is 1.76 bits per heavy atom. The van der Waals surface area contributed by atoms with Gasteiger partial charge in [-0.15, -0.1) is 0 Å². The zero-order valence-electron chi connectivity index (χ0n) is 17.5. The average molecular weight is 436 g/mol. The first kappa shape index (κ1) is 20.2. The fourth-order valence-electron chi connectivity index (χ4n) is 3.64. The Balaban J connectivity index is 1.44. The molecule has 3 heterocycles. The van der Waals surface area contributed by atoms with Crippen LogP contribution in [0.4, 0.5) is 5.82 Å². The Morgan fingerprint density at radius 3 is 2.48 bits per heavy atom. The molecule has 162 valence electrons. The third-order valence-corrected chi connectivity index (χ3v) is 5.33. The fourth-order valence-corrected chi connectivity index (χ4v) is 3.64. The van der Waals surface area contributed by atoms with Gasteiger partial charge in [0, 0.05) is 36.6 Å². The maximum Gasteiger partial charge on any atom is 0.252 e. The van der Waals surface area contributed by atoms with Crippen LogP contribution in [0.1, 0.15) is 15.9 Å². The van der Waals surface area contributed by atoms with E-state index < -0.39 is 5.91 Å². The highest BCUT2D eigenvalue weighted by Gasteiger charge is 2.11. The van der Waals surface area contributed by atoms with Gasteiger partial charge in [-0.2, -0.15) is 9.61 Å². The fraction of sp³-hybridized carbons (Fsp3) is 0.0400. The monoisotopic (exact) mass is 436 g/mol. The van der Waals surface area contributed by atoms with Crippen molar-refractivity contribution in [2.24, 2.45) is 5.73 Å². The first-order valence-electron chi connectivity index (χ1n) is 10.3. The molecule has 5 aromatic rings. The van der Waals surface area contributed by atoms with Crippen LogP contribution in [-0.2, 0) is 6.54 Å². The molecule has 0 radical (unpaired) electrons. The molecule has 0 aliphatic rings. The summed E-state index contributed by atoms with van der Waals surface area (Å²) in [5.41, 5.74) is 10.6. The molecule has 5 rings (SSSR count). The number of aromatic nitrogens is 4. The number of hydrogen-bond donors (Lipinski definition) is 3. The summed E-state index contributed by atoms with van der Waals surface area (Å²) in [7, 11) is 0. The first-order chi connectivity index (χ1) is 16.1. The third-order valence-electron chi connectivity index (χ3n) is 5.33. The van der Waals surface area contributed by atoms with E-state index in [9.17, 15) is 9.90 Å². The maximum atomic E-state index is 11.3. The van der Waals surface area contributed by atoms with E-state index in [1.165, 1.54) is 12.1 Å². The molecule has 1 amide bonds. The van der Waals surface area contributed by atoms with E-state index in [2.05, 4.69) is 15.4 Å². The Labute approximate surface area is 189 Å². The predicted octanol–water partition coefficient (Wildman–Crippen LogP) is 3.87. The highest BCUT2D eigenvalue weighted by atomic mass is 16.3. The zero-order valence-corrected chi connectivity index (χ0v) is 17.5. The highest BCUT2D eigenvalue weighted by Crippen LogP contribution is 2.29. The van der Waals surface area contributed by atoms with Crippen molar-refractivity contribution in [2.45, 2.75) is 6.54 Å². The minimum absolute atomic E-state index is 0.0972. The maximum absolute atomic E-state index is 11.3. The van der Waals surface area contributed by atoms with Crippen molar-refractivity contribution in [3.63, 3.8) is 0 Å². The molecule has 8 heteroatoms. The topological polar surface area (TPSA) is 118 Å². The zero-order chi connectivity index (χ0) is 22.8. The summed E-state index contributed by atoms with van der Waals surface area (Å²) in [6.07, 6.45) is 5.28. The molecule has 0 atom stereocenters. The van der Waals surface area contributed by atoms with Crippen LogP contribution in [0.3, 0.4) is 0 Å². The molecule has 33 heavy (non-hydrogen) atoms. The predicted molar refractivity (Wildman–Crippen MR) is 126 cm³/mol. The number of carbonyl (C=O) groups excluding carboxylic acids is 1. The van der Waals surface area contributed by atoms with Gasteiger partial charge in [0.25, 0.3) is 5.91 Å². The van der Waals surface area contributed by atoms with Crippen LogP contribution >= 0.6 is 0 Å².